The number of fused-ring (bicyclic) bond motifs is 1. The van der Waals surface area contributed by atoms with Crippen LogP contribution in [0.15, 0.2) is 18.2 Å². The molecular formula is C21H26N4O5. The molecule has 4 rings (SSSR count). The van der Waals surface area contributed by atoms with Crippen molar-refractivity contribution in [2.45, 2.75) is 43.7 Å². The maximum Gasteiger partial charge on any atom is 0.261 e. The number of benzene rings is 1. The van der Waals surface area contributed by atoms with Crippen LogP contribution in [-0.2, 0) is 14.3 Å². The van der Waals surface area contributed by atoms with Gasteiger partial charge in [-0.25, -0.2) is 0 Å². The summed E-state index contributed by atoms with van der Waals surface area (Å²) in [6, 6.07) is 5.06. The molecule has 9 heteroatoms. The molecule has 1 unspecified atom stereocenters. The number of carbonyl (C=O) groups is 4. The summed E-state index contributed by atoms with van der Waals surface area (Å²) >= 11 is 0. The average Bonchev–Trinajstić information content (AvgIpc) is 2.97. The van der Waals surface area contributed by atoms with Crippen LogP contribution in [0.25, 0.3) is 0 Å². The highest BCUT2D eigenvalue weighted by atomic mass is 16.5. The summed E-state index contributed by atoms with van der Waals surface area (Å²) in [6.07, 6.45) is 2.76. The number of anilines is 1. The number of hydrogen-bond donors (Lipinski definition) is 4. The van der Waals surface area contributed by atoms with Gasteiger partial charge in [0.1, 0.15) is 0 Å². The smallest absolute Gasteiger partial charge is 0.261 e. The molecular weight excluding hydrogens is 388 g/mol. The minimum absolute atomic E-state index is 0.00740. The molecule has 1 aliphatic carbocycles. The van der Waals surface area contributed by atoms with E-state index in [4.69, 9.17) is 4.74 Å². The summed E-state index contributed by atoms with van der Waals surface area (Å²) in [6.45, 7) is 1.48. The predicted molar refractivity (Wildman–Crippen MR) is 108 cm³/mol. The fourth-order valence-corrected chi connectivity index (χ4v) is 4.66. The van der Waals surface area contributed by atoms with Gasteiger partial charge in [-0.1, -0.05) is 6.07 Å². The summed E-state index contributed by atoms with van der Waals surface area (Å²) in [7, 11) is 1.89. The molecule has 4 amide bonds. The van der Waals surface area contributed by atoms with E-state index in [9.17, 15) is 19.2 Å². The zero-order valence-corrected chi connectivity index (χ0v) is 16.9. The second kappa shape index (κ2) is 8.16. The highest BCUT2D eigenvalue weighted by Crippen LogP contribution is 2.46. The number of nitrogens with one attached hydrogen (secondary N) is 4. The maximum atomic E-state index is 12.6. The molecule has 30 heavy (non-hydrogen) atoms. The molecule has 1 aromatic rings. The predicted octanol–water partition coefficient (Wildman–Crippen LogP) is 0.562. The van der Waals surface area contributed by atoms with Gasteiger partial charge in [-0.15, -0.1) is 0 Å². The Balaban J connectivity index is 1.56. The van der Waals surface area contributed by atoms with Crippen molar-refractivity contribution >= 4 is 29.3 Å². The largest absolute Gasteiger partial charge is 0.378 e. The van der Waals surface area contributed by atoms with Crippen molar-refractivity contribution in [2.75, 3.05) is 25.5 Å². The van der Waals surface area contributed by atoms with Crippen LogP contribution in [-0.4, -0.2) is 55.5 Å². The molecule has 0 aromatic heterocycles. The zero-order valence-electron chi connectivity index (χ0n) is 16.9. The molecule has 3 aliphatic rings. The number of rotatable bonds is 8. The summed E-state index contributed by atoms with van der Waals surface area (Å²) in [5.74, 6) is -1.87. The van der Waals surface area contributed by atoms with Gasteiger partial charge in [-0.05, 0) is 51.4 Å². The summed E-state index contributed by atoms with van der Waals surface area (Å²) in [4.78, 5) is 48.6. The Bertz CT molecular complexity index is 893. The van der Waals surface area contributed by atoms with E-state index < -0.39 is 23.3 Å². The van der Waals surface area contributed by atoms with Crippen LogP contribution < -0.4 is 21.3 Å². The fraction of sp³-hybridized carbons (Fsp3) is 0.524. The minimum atomic E-state index is -0.639. The van der Waals surface area contributed by atoms with Gasteiger partial charge in [0, 0.05) is 18.7 Å². The molecule has 1 saturated carbocycles. The topological polar surface area (TPSA) is 126 Å². The third-order valence-corrected chi connectivity index (χ3v) is 6.16. The van der Waals surface area contributed by atoms with Crippen LogP contribution in [0.3, 0.4) is 0 Å². The van der Waals surface area contributed by atoms with Crippen molar-refractivity contribution < 1.29 is 23.9 Å². The van der Waals surface area contributed by atoms with Crippen LogP contribution in [0.4, 0.5) is 5.69 Å². The lowest BCUT2D eigenvalue weighted by molar-refractivity contribution is -0.141. The molecule has 1 atom stereocenters. The standard InChI is InChI=1S/C21H26N4O5/c1-22-8-3-9-30-12-10-21(11-12,14-6-7-16(26)23-19(14)28)25-15-5-2-4-13-17(15)20(29)24-18(13)27/h2,4-5,12,14,22,25H,3,6-11H2,1H3,(H,23,26,28)(H,24,27,29). The van der Waals surface area contributed by atoms with E-state index in [2.05, 4.69) is 21.3 Å². The lowest BCUT2D eigenvalue weighted by Gasteiger charge is -2.53. The molecule has 160 valence electrons. The molecule has 2 heterocycles. The van der Waals surface area contributed by atoms with E-state index in [0.717, 1.165) is 13.0 Å². The molecule has 0 bridgehead atoms. The molecule has 4 N–H and O–H groups in total. The van der Waals surface area contributed by atoms with Crippen molar-refractivity contribution in [1.29, 1.82) is 0 Å². The Kier molecular flexibility index (Phi) is 5.57. The van der Waals surface area contributed by atoms with E-state index >= 15 is 0 Å². The van der Waals surface area contributed by atoms with Gasteiger partial charge >= 0.3 is 0 Å². The Morgan fingerprint density at radius 3 is 2.67 bits per heavy atom. The lowest BCUT2D eigenvalue weighted by atomic mass is 9.63. The van der Waals surface area contributed by atoms with E-state index in [1.165, 1.54) is 0 Å². The number of piperidine rings is 1. The number of ether oxygens (including phenoxy) is 1. The summed E-state index contributed by atoms with van der Waals surface area (Å²) in [5, 5.41) is 11.2. The number of hydrogen-bond acceptors (Lipinski definition) is 7. The molecule has 1 aromatic carbocycles. The van der Waals surface area contributed by atoms with Gasteiger partial charge in [0.15, 0.2) is 0 Å². The summed E-state index contributed by atoms with van der Waals surface area (Å²) < 4.78 is 5.94. The minimum Gasteiger partial charge on any atom is -0.378 e. The zero-order chi connectivity index (χ0) is 21.3. The van der Waals surface area contributed by atoms with Crippen LogP contribution in [0, 0.1) is 5.92 Å². The van der Waals surface area contributed by atoms with Crippen molar-refractivity contribution in [3.05, 3.63) is 29.3 Å². The maximum absolute atomic E-state index is 12.6. The van der Waals surface area contributed by atoms with Gasteiger partial charge in [0.2, 0.25) is 11.8 Å². The third kappa shape index (κ3) is 3.70. The van der Waals surface area contributed by atoms with Gasteiger partial charge in [0.25, 0.3) is 11.8 Å². The number of imide groups is 2. The monoisotopic (exact) mass is 414 g/mol. The van der Waals surface area contributed by atoms with E-state index in [-0.39, 0.29) is 24.3 Å². The molecule has 9 nitrogen and oxygen atoms in total. The Hall–Kier alpha value is -2.78. The van der Waals surface area contributed by atoms with Crippen molar-refractivity contribution in [2.24, 2.45) is 5.92 Å². The van der Waals surface area contributed by atoms with E-state index in [1.54, 1.807) is 18.2 Å². The second-order valence-electron chi connectivity index (χ2n) is 8.15. The first-order valence-electron chi connectivity index (χ1n) is 10.3. The molecule has 2 aliphatic heterocycles. The average molecular weight is 414 g/mol. The summed E-state index contributed by atoms with van der Waals surface area (Å²) in [5.41, 5.74) is 0.504. The van der Waals surface area contributed by atoms with Crippen LogP contribution in [0.2, 0.25) is 0 Å². The first kappa shape index (κ1) is 20.5. The fourth-order valence-electron chi connectivity index (χ4n) is 4.66. The number of carbonyl (C=O) groups excluding carboxylic acids is 4. The number of amides is 4. The quantitative estimate of drug-likeness (QED) is 0.362. The molecule has 0 radical (unpaired) electrons. The van der Waals surface area contributed by atoms with E-state index in [0.29, 0.717) is 42.7 Å². The normalized spacial score (nSPS) is 27.9. The first-order chi connectivity index (χ1) is 14.4. The molecule has 0 spiro atoms. The van der Waals surface area contributed by atoms with Crippen molar-refractivity contribution in [1.82, 2.24) is 16.0 Å². The Morgan fingerprint density at radius 1 is 1.13 bits per heavy atom. The van der Waals surface area contributed by atoms with E-state index in [1.807, 2.05) is 7.05 Å². The van der Waals surface area contributed by atoms with Crippen LogP contribution in [0.1, 0.15) is 52.8 Å². The van der Waals surface area contributed by atoms with Crippen LogP contribution >= 0.6 is 0 Å². The Morgan fingerprint density at radius 2 is 1.93 bits per heavy atom. The third-order valence-electron chi connectivity index (χ3n) is 6.16. The molecule has 2 fully saturated rings. The van der Waals surface area contributed by atoms with Crippen LogP contribution in [0.5, 0.6) is 0 Å². The second-order valence-corrected chi connectivity index (χ2v) is 8.15. The highest BCUT2D eigenvalue weighted by molar-refractivity contribution is 6.23. The van der Waals surface area contributed by atoms with Gasteiger partial charge in [0.05, 0.1) is 28.7 Å². The Labute approximate surface area is 174 Å². The van der Waals surface area contributed by atoms with Gasteiger partial charge in [-0.3, -0.25) is 29.8 Å². The van der Waals surface area contributed by atoms with Crippen molar-refractivity contribution in [3.63, 3.8) is 0 Å². The van der Waals surface area contributed by atoms with Gasteiger partial charge < -0.3 is 15.4 Å². The van der Waals surface area contributed by atoms with Gasteiger partial charge in [-0.2, -0.15) is 0 Å². The van der Waals surface area contributed by atoms with Crippen molar-refractivity contribution in [3.8, 4) is 0 Å². The SMILES string of the molecule is CNCCCOC1CC(Nc2cccc3c2C(=O)NC3=O)(C2CCC(=O)NC2=O)C1. The first-order valence-corrected chi connectivity index (χ1v) is 10.3. The highest BCUT2D eigenvalue weighted by Gasteiger charge is 2.54. The molecule has 1 saturated heterocycles. The lowest BCUT2D eigenvalue weighted by Crippen LogP contribution is -2.64.